The van der Waals surface area contributed by atoms with Crippen molar-refractivity contribution in [3.8, 4) is 5.88 Å². The topological polar surface area (TPSA) is 91.8 Å². The van der Waals surface area contributed by atoms with Crippen LogP contribution in [0.15, 0.2) is 57.2 Å². The van der Waals surface area contributed by atoms with E-state index < -0.39 is 5.91 Å². The second-order valence-electron chi connectivity index (χ2n) is 6.36. The number of para-hydroxylation sites is 1. The summed E-state index contributed by atoms with van der Waals surface area (Å²) in [6.45, 7) is 1.94. The number of fused-ring (bicyclic) bond motifs is 1. The summed E-state index contributed by atoms with van der Waals surface area (Å²) >= 11 is 1.54. The Labute approximate surface area is 166 Å². The molecule has 146 valence electrons. The number of carbonyl (C=O) groups excluding carboxylic acids is 1. The summed E-state index contributed by atoms with van der Waals surface area (Å²) in [6.07, 6.45) is 0. The molecule has 0 fully saturated rings. The standard InChI is InChI=1S/C19H21N5O3S/c1-13(16-9-6-10-28-16)22-27-11-17(25)20-21-18-14-7-4-5-8-15(14)24(19(18)26)12-23(2)3/h4-10,26H,11-12H2,1-3H3/b21-20?,22-13-. The highest BCUT2D eigenvalue weighted by molar-refractivity contribution is 7.12. The van der Waals surface area contributed by atoms with Crippen molar-refractivity contribution in [2.75, 3.05) is 20.7 Å². The van der Waals surface area contributed by atoms with E-state index in [4.69, 9.17) is 4.84 Å². The Kier molecular flexibility index (Phi) is 6.17. The predicted octanol–water partition coefficient (Wildman–Crippen LogP) is 3.98. The van der Waals surface area contributed by atoms with Crippen LogP contribution >= 0.6 is 11.3 Å². The molecule has 2 heterocycles. The molecule has 0 spiro atoms. The number of rotatable bonds is 7. The molecule has 0 saturated carbocycles. The number of aromatic nitrogens is 1. The highest BCUT2D eigenvalue weighted by atomic mass is 32.1. The summed E-state index contributed by atoms with van der Waals surface area (Å²) in [5.41, 5.74) is 1.75. The van der Waals surface area contributed by atoms with Gasteiger partial charge in [0.25, 0.3) is 0 Å². The Morgan fingerprint density at radius 1 is 1.25 bits per heavy atom. The Balaban J connectivity index is 1.73. The molecule has 28 heavy (non-hydrogen) atoms. The Morgan fingerprint density at radius 2 is 2.04 bits per heavy atom. The first-order valence-corrected chi connectivity index (χ1v) is 9.45. The second kappa shape index (κ2) is 8.77. The maximum Gasteiger partial charge on any atom is 0.304 e. The number of aromatic hydroxyl groups is 1. The zero-order chi connectivity index (χ0) is 20.1. The maximum absolute atomic E-state index is 12.0. The lowest BCUT2D eigenvalue weighted by Crippen LogP contribution is -2.16. The zero-order valence-corrected chi connectivity index (χ0v) is 16.7. The lowest BCUT2D eigenvalue weighted by atomic mass is 10.2. The SMILES string of the molecule is C/C(=N/OCC(=O)N=Nc1c(O)n(CN(C)C)c2ccccc12)c1cccs1. The molecule has 0 aliphatic heterocycles. The second-order valence-corrected chi connectivity index (χ2v) is 7.31. The van der Waals surface area contributed by atoms with Crippen LogP contribution in [-0.2, 0) is 16.3 Å². The summed E-state index contributed by atoms with van der Waals surface area (Å²) in [7, 11) is 3.80. The molecule has 0 saturated heterocycles. The lowest BCUT2D eigenvalue weighted by molar-refractivity contribution is -0.122. The molecule has 1 aromatic carbocycles. The largest absolute Gasteiger partial charge is 0.493 e. The lowest BCUT2D eigenvalue weighted by Gasteiger charge is -2.12. The molecule has 0 bridgehead atoms. The number of nitrogens with zero attached hydrogens (tertiary/aromatic N) is 5. The van der Waals surface area contributed by atoms with E-state index in [2.05, 4.69) is 15.4 Å². The molecular formula is C19H21N5O3S. The molecule has 8 nitrogen and oxygen atoms in total. The summed E-state index contributed by atoms with van der Waals surface area (Å²) < 4.78 is 1.71. The van der Waals surface area contributed by atoms with Gasteiger partial charge in [0.1, 0.15) is 0 Å². The van der Waals surface area contributed by atoms with Gasteiger partial charge in [0.2, 0.25) is 5.88 Å². The van der Waals surface area contributed by atoms with Gasteiger partial charge in [-0.3, -0.25) is 14.3 Å². The minimum atomic E-state index is -0.591. The minimum absolute atomic E-state index is 0.0427. The number of azo groups is 1. The van der Waals surface area contributed by atoms with Crippen molar-refractivity contribution in [3.05, 3.63) is 46.7 Å². The average molecular weight is 399 g/mol. The molecule has 2 aromatic heterocycles. The Bertz CT molecular complexity index is 1020. The van der Waals surface area contributed by atoms with Crippen LogP contribution in [0.25, 0.3) is 10.9 Å². The Morgan fingerprint density at radius 3 is 2.75 bits per heavy atom. The van der Waals surface area contributed by atoms with Gasteiger partial charge < -0.3 is 9.94 Å². The third-order valence-corrected chi connectivity index (χ3v) is 4.85. The molecule has 0 unspecified atom stereocenters. The van der Waals surface area contributed by atoms with Crippen LogP contribution < -0.4 is 0 Å². The highest BCUT2D eigenvalue weighted by Gasteiger charge is 2.17. The van der Waals surface area contributed by atoms with E-state index in [0.717, 1.165) is 10.4 Å². The fourth-order valence-corrected chi connectivity index (χ4v) is 3.31. The van der Waals surface area contributed by atoms with E-state index >= 15 is 0 Å². The van der Waals surface area contributed by atoms with Crippen LogP contribution in [0.3, 0.4) is 0 Å². The first-order valence-electron chi connectivity index (χ1n) is 8.57. The average Bonchev–Trinajstić information content (AvgIpc) is 3.28. The first kappa shape index (κ1) is 19.7. The van der Waals surface area contributed by atoms with Crippen molar-refractivity contribution in [1.29, 1.82) is 0 Å². The van der Waals surface area contributed by atoms with Crippen LogP contribution in [0.4, 0.5) is 5.69 Å². The molecular weight excluding hydrogens is 378 g/mol. The van der Waals surface area contributed by atoms with E-state index in [-0.39, 0.29) is 18.2 Å². The summed E-state index contributed by atoms with van der Waals surface area (Å²) in [5.74, 6) is -0.634. The van der Waals surface area contributed by atoms with Crippen LogP contribution in [0.5, 0.6) is 5.88 Å². The quantitative estimate of drug-likeness (QED) is 0.369. The van der Waals surface area contributed by atoms with Crippen LogP contribution in [0.1, 0.15) is 11.8 Å². The summed E-state index contributed by atoms with van der Waals surface area (Å²) in [4.78, 5) is 19.9. The summed E-state index contributed by atoms with van der Waals surface area (Å²) in [6, 6.07) is 11.3. The third-order valence-electron chi connectivity index (χ3n) is 3.87. The van der Waals surface area contributed by atoms with Crippen molar-refractivity contribution < 1.29 is 14.7 Å². The maximum atomic E-state index is 12.0. The third kappa shape index (κ3) is 4.44. The van der Waals surface area contributed by atoms with Crippen LogP contribution in [0, 0.1) is 0 Å². The number of thiophene rings is 1. The van der Waals surface area contributed by atoms with E-state index in [0.29, 0.717) is 17.8 Å². The number of carbonyl (C=O) groups is 1. The van der Waals surface area contributed by atoms with Crippen molar-refractivity contribution in [2.45, 2.75) is 13.6 Å². The molecule has 9 heteroatoms. The number of benzene rings is 1. The number of amides is 1. The predicted molar refractivity (Wildman–Crippen MR) is 109 cm³/mol. The smallest absolute Gasteiger partial charge is 0.304 e. The van der Waals surface area contributed by atoms with Gasteiger partial charge in [-0.25, -0.2) is 0 Å². The van der Waals surface area contributed by atoms with Gasteiger partial charge in [0.05, 0.1) is 22.8 Å². The number of hydrogen-bond donors (Lipinski definition) is 1. The van der Waals surface area contributed by atoms with Crippen molar-refractivity contribution >= 4 is 39.5 Å². The van der Waals surface area contributed by atoms with Crippen molar-refractivity contribution in [2.24, 2.45) is 15.4 Å². The Hall–Kier alpha value is -3.04. The van der Waals surface area contributed by atoms with E-state index in [1.165, 1.54) is 11.3 Å². The number of hydrogen-bond acceptors (Lipinski definition) is 7. The molecule has 0 aliphatic carbocycles. The minimum Gasteiger partial charge on any atom is -0.493 e. The van der Waals surface area contributed by atoms with Gasteiger partial charge in [-0.2, -0.15) is 0 Å². The number of oxime groups is 1. The molecule has 0 radical (unpaired) electrons. The van der Waals surface area contributed by atoms with Crippen LogP contribution in [0.2, 0.25) is 0 Å². The molecule has 1 amide bonds. The zero-order valence-electron chi connectivity index (χ0n) is 15.9. The van der Waals surface area contributed by atoms with Crippen LogP contribution in [-0.4, -0.2) is 46.9 Å². The van der Waals surface area contributed by atoms with Gasteiger partial charge in [-0.1, -0.05) is 29.4 Å². The van der Waals surface area contributed by atoms with Gasteiger partial charge in [0.15, 0.2) is 12.3 Å². The van der Waals surface area contributed by atoms with Gasteiger partial charge >= 0.3 is 5.91 Å². The summed E-state index contributed by atoms with van der Waals surface area (Å²) in [5, 5.41) is 24.7. The first-order chi connectivity index (χ1) is 13.5. The molecule has 0 aliphatic rings. The molecule has 3 rings (SSSR count). The fourth-order valence-electron chi connectivity index (χ4n) is 2.64. The molecule has 1 N–H and O–H groups in total. The van der Waals surface area contributed by atoms with Gasteiger partial charge in [0, 0.05) is 5.39 Å². The van der Waals surface area contributed by atoms with Crippen molar-refractivity contribution in [3.63, 3.8) is 0 Å². The van der Waals surface area contributed by atoms with E-state index in [1.54, 1.807) is 11.5 Å². The molecule has 0 atom stereocenters. The van der Waals surface area contributed by atoms with Gasteiger partial charge in [-0.15, -0.1) is 21.6 Å². The fraction of sp³-hybridized carbons (Fsp3) is 0.263. The van der Waals surface area contributed by atoms with E-state index in [1.807, 2.05) is 60.8 Å². The van der Waals surface area contributed by atoms with Crippen molar-refractivity contribution in [1.82, 2.24) is 9.47 Å². The molecule has 3 aromatic rings. The monoisotopic (exact) mass is 399 g/mol. The van der Waals surface area contributed by atoms with E-state index in [9.17, 15) is 9.90 Å². The van der Waals surface area contributed by atoms with Gasteiger partial charge in [-0.05, 0) is 38.5 Å². The normalized spacial score (nSPS) is 12.4. The highest BCUT2D eigenvalue weighted by Crippen LogP contribution is 2.38.